The quantitative estimate of drug-likeness (QED) is 0.730. The van der Waals surface area contributed by atoms with Crippen LogP contribution in [0.4, 0.5) is 13.2 Å². The van der Waals surface area contributed by atoms with Crippen molar-refractivity contribution in [2.75, 3.05) is 32.7 Å². The van der Waals surface area contributed by atoms with Crippen molar-refractivity contribution in [2.24, 2.45) is 0 Å². The third-order valence-corrected chi connectivity index (χ3v) is 3.73. The van der Waals surface area contributed by atoms with Crippen LogP contribution in [0, 0.1) is 6.92 Å². The van der Waals surface area contributed by atoms with Crippen LogP contribution in [0.25, 0.3) is 0 Å². The number of hydrogen-bond acceptors (Lipinski definition) is 4. The highest BCUT2D eigenvalue weighted by molar-refractivity contribution is 5.93. The van der Waals surface area contributed by atoms with E-state index in [-0.39, 0.29) is 31.1 Å². The molecule has 0 aromatic carbocycles. The molecular weight excluding hydrogens is 349 g/mol. The smallest absolute Gasteiger partial charge is 0.364 e. The zero-order valence-corrected chi connectivity index (χ0v) is 13.9. The SMILES string of the molecule is Cc1cc(=O)c(C(=O)NCC(N2CCNCC2)C(F)(F)F)c[nH]1.Cl. The van der Waals surface area contributed by atoms with Gasteiger partial charge >= 0.3 is 6.18 Å². The van der Waals surface area contributed by atoms with Gasteiger partial charge in [0.25, 0.3) is 5.91 Å². The van der Waals surface area contributed by atoms with Gasteiger partial charge in [0.05, 0.1) is 0 Å². The number of aromatic amines is 1. The number of aryl methyl sites for hydroxylation is 1. The van der Waals surface area contributed by atoms with Crippen molar-refractivity contribution in [3.63, 3.8) is 0 Å². The Balaban J connectivity index is 0.00000288. The Hall–Kier alpha value is -1.58. The Morgan fingerprint density at radius 1 is 1.38 bits per heavy atom. The van der Waals surface area contributed by atoms with E-state index in [2.05, 4.69) is 15.6 Å². The summed E-state index contributed by atoms with van der Waals surface area (Å²) in [5.74, 6) is -0.810. The van der Waals surface area contributed by atoms with E-state index in [4.69, 9.17) is 0 Å². The van der Waals surface area contributed by atoms with Crippen LogP contribution in [0.2, 0.25) is 0 Å². The van der Waals surface area contributed by atoms with Crippen molar-refractivity contribution in [2.45, 2.75) is 19.1 Å². The van der Waals surface area contributed by atoms with Gasteiger partial charge in [0.2, 0.25) is 0 Å². The lowest BCUT2D eigenvalue weighted by Crippen LogP contribution is -2.57. The largest absolute Gasteiger partial charge is 0.405 e. The molecule has 1 aliphatic heterocycles. The van der Waals surface area contributed by atoms with Gasteiger partial charge in [-0.1, -0.05) is 0 Å². The van der Waals surface area contributed by atoms with Crippen LogP contribution >= 0.6 is 12.4 Å². The molecule has 2 heterocycles. The molecule has 6 nitrogen and oxygen atoms in total. The van der Waals surface area contributed by atoms with Crippen LogP contribution in [0.1, 0.15) is 16.1 Å². The Morgan fingerprint density at radius 2 is 2.00 bits per heavy atom. The Morgan fingerprint density at radius 3 is 2.54 bits per heavy atom. The number of H-pyrrole nitrogens is 1. The van der Waals surface area contributed by atoms with Crippen molar-refractivity contribution < 1.29 is 18.0 Å². The lowest BCUT2D eigenvalue weighted by Gasteiger charge is -2.35. The number of hydrogen-bond donors (Lipinski definition) is 3. The van der Waals surface area contributed by atoms with Gasteiger partial charge in [0.15, 0.2) is 5.43 Å². The highest BCUT2D eigenvalue weighted by Gasteiger charge is 2.43. The van der Waals surface area contributed by atoms with Crippen LogP contribution < -0.4 is 16.1 Å². The number of carbonyl (C=O) groups excluding carboxylic acids is 1. The molecule has 24 heavy (non-hydrogen) atoms. The second-order valence-electron chi connectivity index (χ2n) is 5.45. The van der Waals surface area contributed by atoms with Crippen molar-refractivity contribution in [1.29, 1.82) is 0 Å². The normalized spacial score (nSPS) is 17.0. The van der Waals surface area contributed by atoms with E-state index >= 15 is 0 Å². The van der Waals surface area contributed by atoms with Crippen LogP contribution in [-0.4, -0.2) is 60.7 Å². The maximum Gasteiger partial charge on any atom is 0.405 e. The molecule has 3 N–H and O–H groups in total. The van der Waals surface area contributed by atoms with Crippen molar-refractivity contribution >= 4 is 18.3 Å². The van der Waals surface area contributed by atoms with Gasteiger partial charge in [-0.25, -0.2) is 0 Å². The molecule has 1 aromatic rings. The Labute approximate surface area is 143 Å². The number of halogens is 4. The van der Waals surface area contributed by atoms with Gasteiger partial charge in [-0.15, -0.1) is 12.4 Å². The number of rotatable bonds is 4. The lowest BCUT2D eigenvalue weighted by atomic mass is 10.2. The summed E-state index contributed by atoms with van der Waals surface area (Å²) in [5.41, 5.74) is -0.151. The van der Waals surface area contributed by atoms with Gasteiger partial charge in [0.1, 0.15) is 11.6 Å². The summed E-state index contributed by atoms with van der Waals surface area (Å²) in [6.07, 6.45) is -3.25. The second kappa shape index (κ2) is 8.50. The summed E-state index contributed by atoms with van der Waals surface area (Å²) >= 11 is 0. The van der Waals surface area contributed by atoms with Crippen LogP contribution in [0.15, 0.2) is 17.1 Å². The molecule has 10 heteroatoms. The number of amides is 1. The molecule has 0 spiro atoms. The summed E-state index contributed by atoms with van der Waals surface area (Å²) in [6, 6.07) is -0.537. The van der Waals surface area contributed by atoms with Crippen LogP contribution in [0.5, 0.6) is 0 Å². The van der Waals surface area contributed by atoms with Crippen LogP contribution in [0.3, 0.4) is 0 Å². The third kappa shape index (κ3) is 5.22. The average Bonchev–Trinajstić information content (AvgIpc) is 2.47. The highest BCUT2D eigenvalue weighted by atomic mass is 35.5. The van der Waals surface area contributed by atoms with Gasteiger partial charge in [-0.2, -0.15) is 13.2 Å². The van der Waals surface area contributed by atoms with E-state index in [0.29, 0.717) is 18.8 Å². The van der Waals surface area contributed by atoms with Crippen molar-refractivity contribution in [3.05, 3.63) is 33.7 Å². The first-order valence-corrected chi connectivity index (χ1v) is 7.28. The average molecular weight is 369 g/mol. The molecule has 1 saturated heterocycles. The van der Waals surface area contributed by atoms with E-state index in [1.165, 1.54) is 17.2 Å². The minimum absolute atomic E-state index is 0. The molecule has 0 bridgehead atoms. The molecule has 0 radical (unpaired) electrons. The summed E-state index contributed by atoms with van der Waals surface area (Å²) in [6.45, 7) is 2.51. The van der Waals surface area contributed by atoms with E-state index in [9.17, 15) is 22.8 Å². The topological polar surface area (TPSA) is 77.2 Å². The molecule has 1 fully saturated rings. The third-order valence-electron chi connectivity index (χ3n) is 3.73. The molecule has 0 saturated carbocycles. The molecule has 1 aliphatic rings. The number of pyridine rings is 1. The first kappa shape index (κ1) is 20.5. The summed E-state index contributed by atoms with van der Waals surface area (Å²) in [5, 5.41) is 5.20. The van der Waals surface area contributed by atoms with E-state index in [1.807, 2.05) is 0 Å². The number of carbonyl (C=O) groups is 1. The fourth-order valence-electron chi connectivity index (χ4n) is 2.48. The fourth-order valence-corrected chi connectivity index (χ4v) is 2.48. The maximum atomic E-state index is 13.2. The molecular formula is C14H20ClF3N4O2. The number of piperazine rings is 1. The number of nitrogens with one attached hydrogen (secondary N) is 3. The zero-order chi connectivity index (χ0) is 17.0. The van der Waals surface area contributed by atoms with Gasteiger partial charge in [-0.3, -0.25) is 14.5 Å². The van der Waals surface area contributed by atoms with Crippen molar-refractivity contribution in [3.8, 4) is 0 Å². The van der Waals surface area contributed by atoms with E-state index in [0.717, 1.165) is 0 Å². The minimum atomic E-state index is -4.45. The zero-order valence-electron chi connectivity index (χ0n) is 13.1. The molecule has 0 aliphatic carbocycles. The van der Waals surface area contributed by atoms with E-state index < -0.39 is 30.1 Å². The Kier molecular flexibility index (Phi) is 7.25. The summed E-state index contributed by atoms with van der Waals surface area (Å²) < 4.78 is 39.6. The standard InChI is InChI=1S/C14H19F3N4O2.ClH/c1-9-6-11(22)10(7-19-9)13(23)20-8-12(14(15,16)17)21-4-2-18-3-5-21;/h6-7,12,18H,2-5,8H2,1H3,(H,19,22)(H,20,23);1H. The number of alkyl halides is 3. The van der Waals surface area contributed by atoms with Gasteiger partial charge in [0, 0.05) is 50.7 Å². The molecule has 136 valence electrons. The molecule has 1 atom stereocenters. The number of aromatic nitrogens is 1. The highest BCUT2D eigenvalue weighted by Crippen LogP contribution is 2.24. The molecule has 1 amide bonds. The molecule has 1 aromatic heterocycles. The van der Waals surface area contributed by atoms with Gasteiger partial charge in [-0.05, 0) is 6.92 Å². The second-order valence-corrected chi connectivity index (χ2v) is 5.45. The monoisotopic (exact) mass is 368 g/mol. The fraction of sp³-hybridized carbons (Fsp3) is 0.571. The molecule has 2 rings (SSSR count). The number of nitrogens with zero attached hydrogens (tertiary/aromatic N) is 1. The van der Waals surface area contributed by atoms with Gasteiger partial charge < -0.3 is 15.6 Å². The predicted octanol–water partition coefficient (Wildman–Crippen LogP) is 0.671. The summed E-state index contributed by atoms with van der Waals surface area (Å²) in [4.78, 5) is 27.7. The lowest BCUT2D eigenvalue weighted by molar-refractivity contribution is -0.183. The first-order valence-electron chi connectivity index (χ1n) is 7.28. The predicted molar refractivity (Wildman–Crippen MR) is 85.7 cm³/mol. The maximum absolute atomic E-state index is 13.2. The van der Waals surface area contributed by atoms with Crippen molar-refractivity contribution in [1.82, 2.24) is 20.5 Å². The van der Waals surface area contributed by atoms with Crippen LogP contribution in [-0.2, 0) is 0 Å². The molecule has 1 unspecified atom stereocenters. The van der Waals surface area contributed by atoms with E-state index in [1.54, 1.807) is 6.92 Å². The summed E-state index contributed by atoms with van der Waals surface area (Å²) in [7, 11) is 0. The first-order chi connectivity index (χ1) is 10.8. The Bertz CT molecular complexity index is 615. The minimum Gasteiger partial charge on any atom is -0.364 e.